The van der Waals surface area contributed by atoms with Gasteiger partial charge in [-0.2, -0.15) is 0 Å². The quantitative estimate of drug-likeness (QED) is 0.227. The van der Waals surface area contributed by atoms with E-state index in [1.165, 1.54) is 0 Å². The summed E-state index contributed by atoms with van der Waals surface area (Å²) in [5.41, 5.74) is 0. The maximum atomic E-state index is 0. The van der Waals surface area contributed by atoms with Crippen LogP contribution in [-0.4, -0.2) is 173 Å². The molecule has 0 aliphatic carbocycles. The van der Waals surface area contributed by atoms with Gasteiger partial charge in [-0.05, 0) is 0 Å². The summed E-state index contributed by atoms with van der Waals surface area (Å²) in [6.07, 6.45) is 0. The van der Waals surface area contributed by atoms with Crippen molar-refractivity contribution in [1.82, 2.24) is 0 Å². The van der Waals surface area contributed by atoms with E-state index in [-0.39, 0.29) is 328 Å². The largest absolute Gasteiger partial charge is 3.00 e. The molecule has 0 bridgehead atoms. The van der Waals surface area contributed by atoms with Crippen molar-refractivity contribution < 1.29 is 155 Å². The second-order valence-corrected chi connectivity index (χ2v) is 0. The molecule has 0 rings (SSSR count). The molecule has 0 spiro atoms. The van der Waals surface area contributed by atoms with E-state index in [0.29, 0.717) is 0 Å². The average molecular weight is 904 g/mol. The average Bonchev–Trinajstić information content (AvgIpc) is 0. The summed E-state index contributed by atoms with van der Waals surface area (Å²) in [4.78, 5) is 0. The van der Waals surface area contributed by atoms with Crippen molar-refractivity contribution in [3.05, 3.63) is 0 Å². The van der Waals surface area contributed by atoms with Crippen LogP contribution in [0.4, 0.5) is 0 Å². The van der Waals surface area contributed by atoms with Gasteiger partial charge in [0.15, 0.2) is 0 Å². The molecule has 0 saturated heterocycles. The SMILES string of the molecule is [Ba+2].[Ba+2].[Ca+2].[Ca+2].[Cu+2].[Cu+2].[La+3].[La+3].[O-2].[O-2].[O-2].[O-2].[O-2].[O-2].[O-2].[O-2].[O-2]. The van der Waals surface area contributed by atoms with Crippen LogP contribution in [0.3, 0.4) is 0 Å². The smallest absolute Gasteiger partial charge is 2.00 e. The molecule has 0 aromatic rings. The second kappa shape index (κ2) is 183. The van der Waals surface area contributed by atoms with E-state index in [0.717, 1.165) is 0 Å². The third-order valence-corrected chi connectivity index (χ3v) is 0. The number of hydrogen-bond acceptors (Lipinski definition) is 0. The molecule has 0 amide bonds. The molecular formula is Ba2Ca2Cu2La2O9. The van der Waals surface area contributed by atoms with Gasteiger partial charge in [0, 0.05) is 0 Å². The van der Waals surface area contributed by atoms with Crippen LogP contribution in [0.25, 0.3) is 0 Å². The Morgan fingerprint density at radius 1 is 0.294 bits per heavy atom. The molecule has 0 N–H and O–H groups in total. The van der Waals surface area contributed by atoms with Crippen LogP contribution in [0.15, 0.2) is 0 Å². The second-order valence-electron chi connectivity index (χ2n) is 0. The summed E-state index contributed by atoms with van der Waals surface area (Å²) >= 11 is 0. The first-order valence-electron chi connectivity index (χ1n) is 0. The van der Waals surface area contributed by atoms with Crippen LogP contribution in [0.1, 0.15) is 0 Å². The first-order chi connectivity index (χ1) is 0. The van der Waals surface area contributed by atoms with E-state index in [9.17, 15) is 0 Å². The van der Waals surface area contributed by atoms with Gasteiger partial charge in [-0.1, -0.05) is 0 Å². The molecular weight excluding hydrogens is 904 g/mol. The van der Waals surface area contributed by atoms with Crippen molar-refractivity contribution in [3.8, 4) is 0 Å². The molecule has 0 aromatic carbocycles. The maximum Gasteiger partial charge on any atom is 3.00 e. The van der Waals surface area contributed by atoms with Gasteiger partial charge in [0.05, 0.1) is 0 Å². The van der Waals surface area contributed by atoms with Crippen LogP contribution < -0.4 is 0 Å². The summed E-state index contributed by atoms with van der Waals surface area (Å²) in [6.45, 7) is 0. The predicted octanol–water partition coefficient (Wildman–Crippen LogP) is -2.60. The summed E-state index contributed by atoms with van der Waals surface area (Å²) in [5.74, 6) is 0. The minimum atomic E-state index is 0. The van der Waals surface area contributed by atoms with Crippen molar-refractivity contribution >= 4 is 173 Å². The van der Waals surface area contributed by atoms with E-state index in [4.69, 9.17) is 0 Å². The van der Waals surface area contributed by atoms with Crippen molar-refractivity contribution in [3.63, 3.8) is 0 Å². The Kier molecular flexibility index (Phi) is 2220. The summed E-state index contributed by atoms with van der Waals surface area (Å²) < 4.78 is 0. The van der Waals surface area contributed by atoms with Crippen molar-refractivity contribution in [1.29, 1.82) is 0 Å². The van der Waals surface area contributed by atoms with Crippen LogP contribution in [0.5, 0.6) is 0 Å². The summed E-state index contributed by atoms with van der Waals surface area (Å²) in [7, 11) is 0. The Morgan fingerprint density at radius 2 is 0.294 bits per heavy atom. The topological polar surface area (TPSA) is 256 Å². The Morgan fingerprint density at radius 3 is 0.294 bits per heavy atom. The standard InChI is InChI=1S/2Ba.2Ca.2Cu.2La.9O/q6*+2;2*+3;9*-2. The van der Waals surface area contributed by atoms with Gasteiger partial charge in [-0.25, -0.2) is 0 Å². The molecule has 2 radical (unpaired) electrons. The Labute approximate surface area is 317 Å². The molecule has 0 unspecified atom stereocenters. The summed E-state index contributed by atoms with van der Waals surface area (Å²) in [6, 6.07) is 0. The number of hydrogen-bond donors (Lipinski definition) is 0. The predicted molar refractivity (Wildman–Crippen MR) is 29.2 cm³/mol. The van der Waals surface area contributed by atoms with Gasteiger partial charge >= 0.3 is 279 Å². The minimum absolute atomic E-state index is 0. The Balaban J connectivity index is 0. The minimum Gasteiger partial charge on any atom is -2.00 e. The Bertz CT molecular complexity index is 33.0. The van der Waals surface area contributed by atoms with Gasteiger partial charge in [0.25, 0.3) is 0 Å². The first-order valence-corrected chi connectivity index (χ1v) is 0. The fourth-order valence-electron chi connectivity index (χ4n) is 0. The van der Waals surface area contributed by atoms with Gasteiger partial charge in [0.2, 0.25) is 0 Å². The monoisotopic (exact) mass is 903 g/mol. The van der Waals surface area contributed by atoms with E-state index in [1.54, 1.807) is 0 Å². The molecule has 0 aromatic heterocycles. The Hall–Kier alpha value is 8.73. The molecule has 17 heteroatoms. The molecule has 90 valence electrons. The molecule has 0 atom stereocenters. The fraction of sp³-hybridized carbons (Fsp3) is 0. The van der Waals surface area contributed by atoms with Crippen LogP contribution >= 0.6 is 0 Å². The molecule has 0 aliphatic rings. The number of rotatable bonds is 0. The first kappa shape index (κ1) is 206. The fourth-order valence-corrected chi connectivity index (χ4v) is 0. The zero-order valence-corrected chi connectivity index (χ0v) is 30.7. The zero-order valence-electron chi connectivity index (χ0n) is 8.26. The molecule has 0 saturated carbocycles. The zero-order chi connectivity index (χ0) is 0. The normalized spacial score (nSPS) is 0. The van der Waals surface area contributed by atoms with Crippen LogP contribution in [0.2, 0.25) is 0 Å². The molecule has 17 heavy (non-hydrogen) atoms. The van der Waals surface area contributed by atoms with E-state index < -0.39 is 0 Å². The third kappa shape index (κ3) is 168. The van der Waals surface area contributed by atoms with Gasteiger partial charge in [-0.3, -0.25) is 0 Å². The van der Waals surface area contributed by atoms with Crippen molar-refractivity contribution in [2.24, 2.45) is 0 Å². The van der Waals surface area contributed by atoms with Gasteiger partial charge < -0.3 is 49.3 Å². The van der Waals surface area contributed by atoms with E-state index >= 15 is 0 Å². The van der Waals surface area contributed by atoms with E-state index in [1.807, 2.05) is 0 Å². The van der Waals surface area contributed by atoms with Crippen molar-refractivity contribution in [2.45, 2.75) is 0 Å². The van der Waals surface area contributed by atoms with Gasteiger partial charge in [0.1, 0.15) is 0 Å². The summed E-state index contributed by atoms with van der Waals surface area (Å²) in [5, 5.41) is 0. The van der Waals surface area contributed by atoms with Crippen LogP contribution in [-0.2, 0) is 83.4 Å². The molecule has 0 aliphatic heterocycles. The van der Waals surface area contributed by atoms with E-state index in [2.05, 4.69) is 0 Å². The van der Waals surface area contributed by atoms with Gasteiger partial charge in [-0.15, -0.1) is 0 Å². The van der Waals surface area contributed by atoms with Crippen LogP contribution in [0, 0.1) is 71.2 Å². The molecule has 9 nitrogen and oxygen atoms in total. The molecule has 0 heterocycles. The maximum absolute atomic E-state index is 0. The third-order valence-electron chi connectivity index (χ3n) is 0. The molecule has 0 fully saturated rings. The van der Waals surface area contributed by atoms with Crippen molar-refractivity contribution in [2.75, 3.05) is 0 Å².